The smallest absolute Gasteiger partial charge is 0.305 e. The van der Waals surface area contributed by atoms with Crippen LogP contribution in [0.1, 0.15) is 328 Å². The number of carbonyl (C=O) groups excluding carboxylic acids is 2. The molecule has 0 aromatic carbocycles. The maximum atomic E-state index is 12.5. The number of aliphatic hydroxyl groups is 2. The van der Waals surface area contributed by atoms with E-state index >= 15 is 0 Å². The van der Waals surface area contributed by atoms with E-state index < -0.39 is 12.1 Å². The van der Waals surface area contributed by atoms with Crippen LogP contribution in [0, 0.1) is 0 Å². The van der Waals surface area contributed by atoms with E-state index in [0.29, 0.717) is 25.9 Å². The van der Waals surface area contributed by atoms with Gasteiger partial charge >= 0.3 is 5.97 Å². The summed E-state index contributed by atoms with van der Waals surface area (Å²) in [5.41, 5.74) is 0. The fourth-order valence-corrected chi connectivity index (χ4v) is 9.43. The molecule has 6 nitrogen and oxygen atoms in total. The summed E-state index contributed by atoms with van der Waals surface area (Å²) < 4.78 is 5.48. The lowest BCUT2D eigenvalue weighted by molar-refractivity contribution is -0.143. The Morgan fingerprint density at radius 2 is 0.725 bits per heavy atom. The summed E-state index contributed by atoms with van der Waals surface area (Å²) in [7, 11) is 0. The van der Waals surface area contributed by atoms with Gasteiger partial charge in [-0.2, -0.15) is 0 Å². The summed E-state index contributed by atoms with van der Waals surface area (Å²) in [5.74, 6) is -0.0618. The summed E-state index contributed by atoms with van der Waals surface area (Å²) in [6.45, 7) is 4.91. The van der Waals surface area contributed by atoms with Gasteiger partial charge < -0.3 is 20.3 Å². The molecule has 0 rings (SSSR count). The molecule has 69 heavy (non-hydrogen) atoms. The fourth-order valence-electron chi connectivity index (χ4n) is 9.43. The normalized spacial score (nSPS) is 12.8. The maximum Gasteiger partial charge on any atom is 0.305 e. The third-order valence-electron chi connectivity index (χ3n) is 14.2. The molecule has 0 aromatic heterocycles. The Morgan fingerprint density at radius 1 is 0.406 bits per heavy atom. The summed E-state index contributed by atoms with van der Waals surface area (Å²) in [4.78, 5) is 24.6. The molecule has 3 N–H and O–H groups in total. The zero-order valence-corrected chi connectivity index (χ0v) is 46.3. The number of carbonyl (C=O) groups is 2. The Hall–Kier alpha value is -1.92. The highest BCUT2D eigenvalue weighted by molar-refractivity contribution is 5.76. The second kappa shape index (κ2) is 58.6. The first-order chi connectivity index (χ1) is 34.0. The van der Waals surface area contributed by atoms with E-state index in [1.54, 1.807) is 0 Å². The molecule has 0 saturated heterocycles. The number of ether oxygens (including phenoxy) is 1. The second-order valence-corrected chi connectivity index (χ2v) is 21.0. The average molecular weight is 971 g/mol. The first-order valence-electron chi connectivity index (χ1n) is 30.7. The molecule has 1 amide bonds. The minimum atomic E-state index is -0.675. The molecule has 2 atom stereocenters. The lowest BCUT2D eigenvalue weighted by Crippen LogP contribution is -2.45. The molecular formula is C63H119NO5. The number of hydrogen-bond donors (Lipinski definition) is 3. The topological polar surface area (TPSA) is 95.9 Å². The highest BCUT2D eigenvalue weighted by Crippen LogP contribution is 2.17. The predicted octanol–water partition coefficient (Wildman–Crippen LogP) is 19.2. The van der Waals surface area contributed by atoms with Crippen LogP contribution in [0.4, 0.5) is 0 Å². The first-order valence-corrected chi connectivity index (χ1v) is 30.7. The van der Waals surface area contributed by atoms with Crippen molar-refractivity contribution in [3.8, 4) is 0 Å². The van der Waals surface area contributed by atoms with Crippen molar-refractivity contribution in [3.63, 3.8) is 0 Å². The summed E-state index contributed by atoms with van der Waals surface area (Å²) in [6, 6.07) is -0.554. The van der Waals surface area contributed by atoms with Crippen LogP contribution in [-0.4, -0.2) is 47.4 Å². The quantitative estimate of drug-likeness (QED) is 0.0321. The lowest BCUT2D eigenvalue weighted by Gasteiger charge is -2.22. The second-order valence-electron chi connectivity index (χ2n) is 21.0. The lowest BCUT2D eigenvalue weighted by atomic mass is 10.0. The Labute approximate surface area is 430 Å². The van der Waals surface area contributed by atoms with Crippen LogP contribution in [0.2, 0.25) is 0 Å². The molecule has 0 aliphatic carbocycles. The third-order valence-corrected chi connectivity index (χ3v) is 14.2. The van der Waals surface area contributed by atoms with Gasteiger partial charge in [-0.25, -0.2) is 0 Å². The van der Waals surface area contributed by atoms with Gasteiger partial charge in [-0.1, -0.05) is 269 Å². The molecule has 0 aromatic rings. The van der Waals surface area contributed by atoms with E-state index in [-0.39, 0.29) is 18.5 Å². The number of amides is 1. The molecular weight excluding hydrogens is 851 g/mol. The van der Waals surface area contributed by atoms with E-state index in [4.69, 9.17) is 4.74 Å². The van der Waals surface area contributed by atoms with Gasteiger partial charge in [0.05, 0.1) is 25.4 Å². The van der Waals surface area contributed by atoms with Crippen molar-refractivity contribution >= 4 is 11.9 Å². The van der Waals surface area contributed by atoms with Gasteiger partial charge in [-0.05, 0) is 83.5 Å². The van der Waals surface area contributed by atoms with E-state index in [1.165, 1.54) is 218 Å². The van der Waals surface area contributed by atoms with Crippen LogP contribution in [-0.2, 0) is 14.3 Å². The summed E-state index contributed by atoms with van der Waals surface area (Å²) in [6.07, 6.45) is 72.8. The standard InChI is InChI=1S/C63H119NO5/c1-3-5-7-9-11-13-15-17-19-21-23-25-29-33-37-41-45-49-53-57-63(68)69-58-54-50-46-42-38-34-30-26-28-32-36-40-44-48-52-56-62(67)64-60(59-65)61(66)55-51-47-43-39-35-31-27-24-22-20-18-16-14-12-10-8-6-4-2/h11,13,17,19,30,34,60-61,65-66H,3-10,12,14-16,18,20-29,31-33,35-59H2,1-2H3,(H,64,67)/b13-11-,19-17-,34-30-. The molecule has 0 bridgehead atoms. The van der Waals surface area contributed by atoms with Gasteiger partial charge in [0.1, 0.15) is 0 Å². The first kappa shape index (κ1) is 67.1. The highest BCUT2D eigenvalue weighted by atomic mass is 16.5. The molecule has 0 aliphatic rings. The molecule has 0 saturated carbocycles. The van der Waals surface area contributed by atoms with Crippen molar-refractivity contribution in [2.75, 3.05) is 13.2 Å². The molecule has 406 valence electrons. The minimum Gasteiger partial charge on any atom is -0.466 e. The third kappa shape index (κ3) is 55.2. The Morgan fingerprint density at radius 3 is 1.14 bits per heavy atom. The summed E-state index contributed by atoms with van der Waals surface area (Å²) in [5, 5.41) is 23.3. The van der Waals surface area contributed by atoms with E-state index in [2.05, 4.69) is 55.6 Å². The van der Waals surface area contributed by atoms with E-state index in [0.717, 1.165) is 77.0 Å². The minimum absolute atomic E-state index is 0.0134. The van der Waals surface area contributed by atoms with Crippen molar-refractivity contribution in [1.82, 2.24) is 5.32 Å². The van der Waals surface area contributed by atoms with Gasteiger partial charge in [-0.3, -0.25) is 9.59 Å². The highest BCUT2D eigenvalue weighted by Gasteiger charge is 2.20. The van der Waals surface area contributed by atoms with Crippen LogP contribution in [0.5, 0.6) is 0 Å². The van der Waals surface area contributed by atoms with E-state index in [9.17, 15) is 19.8 Å². The fraction of sp³-hybridized carbons (Fsp3) is 0.873. The van der Waals surface area contributed by atoms with Gasteiger partial charge in [0.2, 0.25) is 5.91 Å². The van der Waals surface area contributed by atoms with Gasteiger partial charge in [0.25, 0.3) is 0 Å². The Balaban J connectivity index is 3.46. The number of nitrogens with one attached hydrogen (secondary N) is 1. The van der Waals surface area contributed by atoms with Crippen molar-refractivity contribution in [2.45, 2.75) is 341 Å². The van der Waals surface area contributed by atoms with E-state index in [1.807, 2.05) is 0 Å². The summed E-state index contributed by atoms with van der Waals surface area (Å²) >= 11 is 0. The van der Waals surface area contributed by atoms with Gasteiger partial charge in [0, 0.05) is 12.8 Å². The number of esters is 1. The number of unbranched alkanes of at least 4 members (excludes halogenated alkanes) is 40. The van der Waals surface area contributed by atoms with Crippen molar-refractivity contribution in [1.29, 1.82) is 0 Å². The van der Waals surface area contributed by atoms with Crippen molar-refractivity contribution in [3.05, 3.63) is 36.5 Å². The molecule has 0 radical (unpaired) electrons. The number of rotatable bonds is 57. The van der Waals surface area contributed by atoms with Crippen molar-refractivity contribution in [2.24, 2.45) is 0 Å². The average Bonchev–Trinajstić information content (AvgIpc) is 3.35. The molecule has 0 spiro atoms. The Kier molecular flexibility index (Phi) is 57.0. The molecule has 0 aliphatic heterocycles. The monoisotopic (exact) mass is 970 g/mol. The molecule has 2 unspecified atom stereocenters. The largest absolute Gasteiger partial charge is 0.466 e. The van der Waals surface area contributed by atoms with Gasteiger partial charge in [-0.15, -0.1) is 0 Å². The van der Waals surface area contributed by atoms with Crippen LogP contribution in [0.3, 0.4) is 0 Å². The van der Waals surface area contributed by atoms with Crippen LogP contribution in [0.15, 0.2) is 36.5 Å². The molecule has 6 heteroatoms. The Bertz CT molecular complexity index is 1120. The van der Waals surface area contributed by atoms with Gasteiger partial charge in [0.15, 0.2) is 0 Å². The number of hydrogen-bond acceptors (Lipinski definition) is 5. The molecule has 0 fully saturated rings. The van der Waals surface area contributed by atoms with Crippen molar-refractivity contribution < 1.29 is 24.5 Å². The zero-order chi connectivity index (χ0) is 50.0. The SMILES string of the molecule is CCCCC/C=C\C/C=C\CCCCCCCCCCCC(=O)OCCCCCC/C=C\CCCCCCCCCC(=O)NC(CO)C(O)CCCCCCCCCCCCCCCCCCCC. The van der Waals surface area contributed by atoms with Crippen LogP contribution in [0.25, 0.3) is 0 Å². The predicted molar refractivity (Wildman–Crippen MR) is 301 cm³/mol. The maximum absolute atomic E-state index is 12.5. The number of aliphatic hydroxyl groups excluding tert-OH is 2. The number of allylic oxidation sites excluding steroid dienone is 6. The van der Waals surface area contributed by atoms with Crippen LogP contribution < -0.4 is 5.32 Å². The molecule has 0 heterocycles. The van der Waals surface area contributed by atoms with Crippen LogP contribution >= 0.6 is 0 Å². The zero-order valence-electron chi connectivity index (χ0n) is 46.3.